The van der Waals surface area contributed by atoms with E-state index < -0.39 is 17.8 Å². The molecule has 0 saturated heterocycles. The van der Waals surface area contributed by atoms with Crippen molar-refractivity contribution in [3.8, 4) is 6.07 Å². The molecule has 2 amide bonds. The molecule has 0 spiro atoms. The molecule has 0 atom stereocenters. The van der Waals surface area contributed by atoms with Gasteiger partial charge in [-0.15, -0.1) is 0 Å². The second-order valence-corrected chi connectivity index (χ2v) is 4.10. The molecule has 1 N–H and O–H groups in total. The van der Waals surface area contributed by atoms with Crippen LogP contribution in [-0.4, -0.2) is 33.0 Å². The van der Waals surface area contributed by atoms with E-state index in [4.69, 9.17) is 10.1 Å². The van der Waals surface area contributed by atoms with Gasteiger partial charge in [0.2, 0.25) is 0 Å². The average Bonchev–Trinajstić information content (AvgIpc) is 3.07. The lowest BCUT2D eigenvalue weighted by molar-refractivity contribution is -0.0588. The van der Waals surface area contributed by atoms with Crippen molar-refractivity contribution in [1.29, 1.82) is 5.26 Å². The number of fused-ring (bicyclic) bond motifs is 1. The fourth-order valence-corrected chi connectivity index (χ4v) is 1.91. The molecular formula is C13H6N4O4. The Morgan fingerprint density at radius 2 is 1.86 bits per heavy atom. The van der Waals surface area contributed by atoms with E-state index in [1.807, 2.05) is 0 Å². The van der Waals surface area contributed by atoms with Gasteiger partial charge in [0.25, 0.3) is 11.8 Å². The number of nitriles is 1. The second kappa shape index (κ2) is 4.57. The number of carbonyl (C=O) groups excluding carboxylic acids is 3. The number of nitrogens with zero attached hydrogens (tertiary/aromatic N) is 3. The number of nitrogens with one attached hydrogen (secondary N) is 1. The van der Waals surface area contributed by atoms with Crippen LogP contribution in [0.1, 0.15) is 36.8 Å². The Kier molecular flexibility index (Phi) is 2.73. The molecule has 8 nitrogen and oxygen atoms in total. The largest absolute Gasteiger partial charge is 0.382 e. The Hall–Kier alpha value is -3.47. The molecule has 0 fully saturated rings. The average molecular weight is 282 g/mol. The quantitative estimate of drug-likeness (QED) is 0.808. The van der Waals surface area contributed by atoms with Crippen molar-refractivity contribution in [3.63, 3.8) is 0 Å². The first-order valence-corrected chi connectivity index (χ1v) is 5.77. The molecular weight excluding hydrogens is 276 g/mol. The lowest BCUT2D eigenvalue weighted by Gasteiger charge is -2.11. The Bertz CT molecular complexity index is 783. The maximum absolute atomic E-state index is 12.0. The molecule has 1 aliphatic heterocycles. The van der Waals surface area contributed by atoms with Crippen molar-refractivity contribution in [2.45, 2.75) is 0 Å². The van der Waals surface area contributed by atoms with Crippen molar-refractivity contribution >= 4 is 17.8 Å². The van der Waals surface area contributed by atoms with Crippen LogP contribution < -0.4 is 0 Å². The van der Waals surface area contributed by atoms with Crippen LogP contribution in [-0.2, 0) is 4.84 Å². The summed E-state index contributed by atoms with van der Waals surface area (Å²) >= 11 is 0. The molecule has 0 bridgehead atoms. The number of H-pyrrole nitrogens is 1. The van der Waals surface area contributed by atoms with Crippen molar-refractivity contribution < 1.29 is 19.2 Å². The van der Waals surface area contributed by atoms with Gasteiger partial charge in [-0.2, -0.15) is 10.4 Å². The van der Waals surface area contributed by atoms with Crippen LogP contribution in [0.25, 0.3) is 0 Å². The predicted molar refractivity (Wildman–Crippen MR) is 65.7 cm³/mol. The van der Waals surface area contributed by atoms with Crippen molar-refractivity contribution in [3.05, 3.63) is 52.8 Å². The maximum Gasteiger partial charge on any atom is 0.382 e. The van der Waals surface area contributed by atoms with E-state index in [1.165, 1.54) is 12.1 Å². The number of aromatic nitrogens is 2. The minimum atomic E-state index is -1.04. The normalized spacial score (nSPS) is 13.0. The van der Waals surface area contributed by atoms with Gasteiger partial charge in [0, 0.05) is 0 Å². The SMILES string of the molecule is N#Cc1cn[nH]c1C(=O)ON1C(=O)c2ccccc2C1=O. The monoisotopic (exact) mass is 282 g/mol. The number of hydrogen-bond donors (Lipinski definition) is 1. The molecule has 1 aliphatic rings. The molecule has 0 radical (unpaired) electrons. The van der Waals surface area contributed by atoms with Gasteiger partial charge in [0.1, 0.15) is 11.6 Å². The third-order valence-electron chi connectivity index (χ3n) is 2.89. The molecule has 0 aliphatic carbocycles. The number of benzene rings is 1. The lowest BCUT2D eigenvalue weighted by Crippen LogP contribution is -2.33. The summed E-state index contributed by atoms with van der Waals surface area (Å²) in [5.41, 5.74) is 0.0338. The lowest BCUT2D eigenvalue weighted by atomic mass is 10.1. The molecule has 0 unspecified atom stereocenters. The zero-order chi connectivity index (χ0) is 15.0. The van der Waals surface area contributed by atoms with E-state index >= 15 is 0 Å². The van der Waals surface area contributed by atoms with E-state index in [2.05, 4.69) is 10.2 Å². The van der Waals surface area contributed by atoms with Gasteiger partial charge in [-0.3, -0.25) is 14.7 Å². The van der Waals surface area contributed by atoms with Gasteiger partial charge >= 0.3 is 5.97 Å². The molecule has 8 heteroatoms. The molecule has 3 rings (SSSR count). The van der Waals surface area contributed by atoms with E-state index in [0.717, 1.165) is 6.20 Å². The number of hydrogen-bond acceptors (Lipinski definition) is 6. The Morgan fingerprint density at radius 1 is 1.24 bits per heavy atom. The summed E-state index contributed by atoms with van der Waals surface area (Å²) in [6, 6.07) is 7.85. The van der Waals surface area contributed by atoms with Gasteiger partial charge in [0.05, 0.1) is 17.3 Å². The van der Waals surface area contributed by atoms with E-state index in [-0.39, 0.29) is 22.4 Å². The van der Waals surface area contributed by atoms with Gasteiger partial charge < -0.3 is 4.84 Å². The summed E-state index contributed by atoms with van der Waals surface area (Å²) in [6.07, 6.45) is 1.14. The summed E-state index contributed by atoms with van der Waals surface area (Å²) in [6.45, 7) is 0. The van der Waals surface area contributed by atoms with Crippen LogP contribution in [0.5, 0.6) is 0 Å². The van der Waals surface area contributed by atoms with Crippen molar-refractivity contribution in [2.75, 3.05) is 0 Å². The number of amides is 2. The van der Waals surface area contributed by atoms with Crippen LogP contribution in [0.2, 0.25) is 0 Å². The van der Waals surface area contributed by atoms with Crippen LogP contribution in [0.4, 0.5) is 0 Å². The van der Waals surface area contributed by atoms with Crippen LogP contribution >= 0.6 is 0 Å². The fraction of sp³-hybridized carbons (Fsp3) is 0. The molecule has 102 valence electrons. The summed E-state index contributed by atoms with van der Waals surface area (Å²) in [5.74, 6) is -2.51. The van der Waals surface area contributed by atoms with Crippen LogP contribution in [0, 0.1) is 11.3 Å². The van der Waals surface area contributed by atoms with Crippen molar-refractivity contribution in [2.24, 2.45) is 0 Å². The summed E-state index contributed by atoms with van der Waals surface area (Å²) in [7, 11) is 0. The highest BCUT2D eigenvalue weighted by Gasteiger charge is 2.39. The number of carbonyl (C=O) groups is 3. The van der Waals surface area contributed by atoms with Gasteiger partial charge in [0.15, 0.2) is 5.69 Å². The first kappa shape index (κ1) is 12.6. The molecule has 0 saturated carbocycles. The highest BCUT2D eigenvalue weighted by Crippen LogP contribution is 2.23. The highest BCUT2D eigenvalue weighted by molar-refractivity contribution is 6.21. The van der Waals surface area contributed by atoms with Crippen molar-refractivity contribution in [1.82, 2.24) is 15.3 Å². The molecule has 2 aromatic rings. The molecule has 2 heterocycles. The second-order valence-electron chi connectivity index (χ2n) is 4.10. The van der Waals surface area contributed by atoms with E-state index in [1.54, 1.807) is 18.2 Å². The third kappa shape index (κ3) is 1.84. The van der Waals surface area contributed by atoms with E-state index in [9.17, 15) is 14.4 Å². The molecule has 1 aromatic carbocycles. The molecule has 21 heavy (non-hydrogen) atoms. The van der Waals surface area contributed by atoms with Gasteiger partial charge in [-0.1, -0.05) is 17.2 Å². The minimum absolute atomic E-state index is 0.0448. The number of imide groups is 1. The number of aromatic amines is 1. The summed E-state index contributed by atoms with van der Waals surface area (Å²) < 4.78 is 0. The zero-order valence-electron chi connectivity index (χ0n) is 10.4. The number of rotatable bonds is 2. The van der Waals surface area contributed by atoms with Gasteiger partial charge in [-0.05, 0) is 12.1 Å². The fourth-order valence-electron chi connectivity index (χ4n) is 1.91. The standard InChI is InChI=1S/C13H6N4O4/c14-5-7-6-15-16-10(7)13(20)21-17-11(18)8-3-1-2-4-9(8)12(17)19/h1-4,6H,(H,15,16). The Balaban J connectivity index is 1.88. The van der Waals surface area contributed by atoms with Gasteiger partial charge in [-0.25, -0.2) is 4.79 Å². The first-order chi connectivity index (χ1) is 10.1. The smallest absolute Gasteiger partial charge is 0.322 e. The third-order valence-corrected chi connectivity index (χ3v) is 2.89. The first-order valence-electron chi connectivity index (χ1n) is 5.77. The van der Waals surface area contributed by atoms with Crippen LogP contribution in [0.3, 0.4) is 0 Å². The summed E-state index contributed by atoms with van der Waals surface area (Å²) in [4.78, 5) is 40.7. The Labute approximate surface area is 117 Å². The zero-order valence-corrected chi connectivity index (χ0v) is 10.4. The van der Waals surface area contributed by atoms with E-state index in [0.29, 0.717) is 5.06 Å². The topological polar surface area (TPSA) is 116 Å². The maximum atomic E-state index is 12.0. The molecule has 1 aromatic heterocycles. The van der Waals surface area contributed by atoms with Crippen LogP contribution in [0.15, 0.2) is 30.5 Å². The minimum Gasteiger partial charge on any atom is -0.322 e. The highest BCUT2D eigenvalue weighted by atomic mass is 16.7. The number of hydroxylamine groups is 2. The Morgan fingerprint density at radius 3 is 2.43 bits per heavy atom. The summed E-state index contributed by atoms with van der Waals surface area (Å²) in [5, 5.41) is 15.0. The predicted octanol–water partition coefficient (Wildman–Crippen LogP) is 0.649.